The van der Waals surface area contributed by atoms with Gasteiger partial charge in [-0.05, 0) is 48.9 Å². The van der Waals surface area contributed by atoms with Crippen LogP contribution in [0.25, 0.3) is 0 Å². The molecule has 0 spiro atoms. The molecule has 30 heavy (non-hydrogen) atoms. The molecule has 1 N–H and O–H groups in total. The van der Waals surface area contributed by atoms with Gasteiger partial charge in [0.2, 0.25) is 5.91 Å². The van der Waals surface area contributed by atoms with E-state index < -0.39 is 0 Å². The number of rotatable bonds is 8. The molecule has 1 fully saturated rings. The maximum atomic E-state index is 13.5. The molecule has 1 saturated heterocycles. The number of nitrogens with one attached hydrogen (secondary N) is 1. The first-order valence-electron chi connectivity index (χ1n) is 10.5. The molecule has 1 aliphatic rings. The van der Waals surface area contributed by atoms with Gasteiger partial charge in [-0.1, -0.05) is 19.9 Å². The van der Waals surface area contributed by atoms with E-state index in [1.165, 1.54) is 0 Å². The van der Waals surface area contributed by atoms with Crippen molar-refractivity contribution < 1.29 is 9.59 Å². The van der Waals surface area contributed by atoms with Crippen LogP contribution in [0.5, 0.6) is 0 Å². The van der Waals surface area contributed by atoms with Crippen LogP contribution >= 0.6 is 0 Å². The van der Waals surface area contributed by atoms with Gasteiger partial charge >= 0.3 is 0 Å². The van der Waals surface area contributed by atoms with Crippen LogP contribution in [0.1, 0.15) is 54.6 Å². The van der Waals surface area contributed by atoms with Crippen LogP contribution in [-0.2, 0) is 17.9 Å². The molecule has 160 valence electrons. The van der Waals surface area contributed by atoms with E-state index in [2.05, 4.69) is 24.1 Å². The Morgan fingerprint density at radius 1 is 1.33 bits per heavy atom. The molecule has 1 atom stereocenters. The lowest BCUT2D eigenvalue weighted by molar-refractivity contribution is -0.119. The first-order chi connectivity index (χ1) is 14.3. The standard InChI is InChI=1S/C23H30N4O3/c1-16(2)8-11-26-12-9-17(3)21(22(26)29)23(30)27(14-18-5-4-10-24-13-18)15-19-6-7-20(28)25-19/h4-5,9-10,12-13,16,19H,6-8,11,14-15H2,1-3H3,(H,25,28)/t19-/m0/s1. The number of carbonyl (C=O) groups is 2. The molecule has 0 aromatic carbocycles. The molecule has 7 heteroatoms. The second kappa shape index (κ2) is 9.69. The average molecular weight is 411 g/mol. The lowest BCUT2D eigenvalue weighted by Gasteiger charge is -2.26. The number of aromatic nitrogens is 2. The van der Waals surface area contributed by atoms with E-state index in [0.717, 1.165) is 12.0 Å². The van der Waals surface area contributed by atoms with Crippen molar-refractivity contribution in [2.75, 3.05) is 6.54 Å². The maximum absolute atomic E-state index is 13.5. The highest BCUT2D eigenvalue weighted by Crippen LogP contribution is 2.15. The predicted molar refractivity (Wildman–Crippen MR) is 115 cm³/mol. The number of pyridine rings is 2. The highest BCUT2D eigenvalue weighted by Gasteiger charge is 2.28. The van der Waals surface area contributed by atoms with Crippen molar-refractivity contribution in [3.05, 3.63) is 63.8 Å². The fourth-order valence-corrected chi connectivity index (χ4v) is 3.67. The van der Waals surface area contributed by atoms with Gasteiger partial charge in [0.1, 0.15) is 5.56 Å². The summed E-state index contributed by atoms with van der Waals surface area (Å²) in [6.07, 6.45) is 7.17. The van der Waals surface area contributed by atoms with Gasteiger partial charge in [-0.3, -0.25) is 19.4 Å². The van der Waals surface area contributed by atoms with Crippen molar-refractivity contribution in [3.63, 3.8) is 0 Å². The van der Waals surface area contributed by atoms with Crippen LogP contribution in [0.3, 0.4) is 0 Å². The second-order valence-electron chi connectivity index (χ2n) is 8.40. The van der Waals surface area contributed by atoms with Crippen LogP contribution < -0.4 is 10.9 Å². The van der Waals surface area contributed by atoms with Crippen molar-refractivity contribution in [3.8, 4) is 0 Å². The fourth-order valence-electron chi connectivity index (χ4n) is 3.67. The van der Waals surface area contributed by atoms with Crippen LogP contribution in [0.4, 0.5) is 0 Å². The van der Waals surface area contributed by atoms with Crippen LogP contribution in [-0.4, -0.2) is 38.9 Å². The Hall–Kier alpha value is -2.96. The first-order valence-corrected chi connectivity index (χ1v) is 10.5. The van der Waals surface area contributed by atoms with Gasteiger partial charge in [-0.2, -0.15) is 0 Å². The lowest BCUT2D eigenvalue weighted by Crippen LogP contribution is -2.44. The molecule has 0 radical (unpaired) electrons. The summed E-state index contributed by atoms with van der Waals surface area (Å²) in [5.74, 6) is 0.160. The molecule has 2 aromatic rings. The summed E-state index contributed by atoms with van der Waals surface area (Å²) in [5.41, 5.74) is 1.49. The maximum Gasteiger partial charge on any atom is 0.263 e. The van der Waals surface area contributed by atoms with E-state index >= 15 is 0 Å². The van der Waals surface area contributed by atoms with E-state index in [-0.39, 0.29) is 29.0 Å². The Morgan fingerprint density at radius 2 is 2.13 bits per heavy atom. The highest BCUT2D eigenvalue weighted by atomic mass is 16.2. The molecule has 0 aliphatic carbocycles. The Balaban J connectivity index is 1.90. The highest BCUT2D eigenvalue weighted by molar-refractivity contribution is 5.95. The third-order valence-electron chi connectivity index (χ3n) is 5.44. The van der Waals surface area contributed by atoms with E-state index in [9.17, 15) is 14.4 Å². The zero-order valence-corrected chi connectivity index (χ0v) is 17.9. The number of nitrogens with zero attached hydrogens (tertiary/aromatic N) is 3. The average Bonchev–Trinajstić information content (AvgIpc) is 3.12. The van der Waals surface area contributed by atoms with Gasteiger partial charge in [0.05, 0.1) is 0 Å². The van der Waals surface area contributed by atoms with E-state index in [1.54, 1.807) is 35.0 Å². The van der Waals surface area contributed by atoms with Gasteiger partial charge in [0.25, 0.3) is 11.5 Å². The quantitative estimate of drug-likeness (QED) is 0.725. The van der Waals surface area contributed by atoms with E-state index in [1.807, 2.05) is 18.2 Å². The molecule has 0 bridgehead atoms. The van der Waals surface area contributed by atoms with Gasteiger partial charge in [-0.25, -0.2) is 0 Å². The molecular weight excluding hydrogens is 380 g/mol. The molecule has 2 amide bonds. The van der Waals surface area contributed by atoms with Crippen LogP contribution in [0.15, 0.2) is 41.6 Å². The summed E-state index contributed by atoms with van der Waals surface area (Å²) in [5, 5.41) is 2.92. The first kappa shape index (κ1) is 21.7. The monoisotopic (exact) mass is 410 g/mol. The van der Waals surface area contributed by atoms with Gasteiger partial charge in [0.15, 0.2) is 0 Å². The predicted octanol–water partition coefficient (Wildman–Crippen LogP) is 2.52. The Morgan fingerprint density at radius 3 is 2.77 bits per heavy atom. The summed E-state index contributed by atoms with van der Waals surface area (Å²) >= 11 is 0. The third kappa shape index (κ3) is 5.34. The molecule has 3 rings (SSSR count). The zero-order chi connectivity index (χ0) is 21.7. The Kier molecular flexibility index (Phi) is 7.03. The molecule has 0 unspecified atom stereocenters. The SMILES string of the molecule is Cc1ccn(CCC(C)C)c(=O)c1C(=O)N(Cc1cccnc1)C[C@@H]1CCC(=O)N1. The number of amides is 2. The minimum absolute atomic E-state index is 0.000657. The van der Waals surface area contributed by atoms with E-state index in [0.29, 0.717) is 44.0 Å². The Labute approximate surface area is 177 Å². The normalized spacial score (nSPS) is 16.0. The zero-order valence-electron chi connectivity index (χ0n) is 17.9. The van der Waals surface area contributed by atoms with Crippen molar-refractivity contribution in [2.24, 2.45) is 5.92 Å². The number of hydrogen-bond acceptors (Lipinski definition) is 4. The molecule has 2 aromatic heterocycles. The topological polar surface area (TPSA) is 84.3 Å². The second-order valence-corrected chi connectivity index (χ2v) is 8.40. The largest absolute Gasteiger partial charge is 0.352 e. The van der Waals surface area contributed by atoms with Crippen LogP contribution in [0.2, 0.25) is 0 Å². The van der Waals surface area contributed by atoms with Crippen LogP contribution in [0, 0.1) is 12.8 Å². The molecule has 3 heterocycles. The number of hydrogen-bond donors (Lipinski definition) is 1. The third-order valence-corrected chi connectivity index (χ3v) is 5.44. The molecule has 7 nitrogen and oxygen atoms in total. The minimum Gasteiger partial charge on any atom is -0.352 e. The summed E-state index contributed by atoms with van der Waals surface area (Å²) < 4.78 is 1.62. The number of aryl methyl sites for hydroxylation is 2. The summed E-state index contributed by atoms with van der Waals surface area (Å²) in [6.45, 7) is 7.28. The summed E-state index contributed by atoms with van der Waals surface area (Å²) in [4.78, 5) is 44.1. The lowest BCUT2D eigenvalue weighted by atomic mass is 10.1. The van der Waals surface area contributed by atoms with Crippen molar-refractivity contribution in [2.45, 2.75) is 59.2 Å². The smallest absolute Gasteiger partial charge is 0.263 e. The molecule has 0 saturated carbocycles. The van der Waals surface area contributed by atoms with Crippen molar-refractivity contribution in [1.82, 2.24) is 19.8 Å². The van der Waals surface area contributed by atoms with Gasteiger partial charge in [-0.15, -0.1) is 0 Å². The fraction of sp³-hybridized carbons (Fsp3) is 0.478. The Bertz CT molecular complexity index is 953. The van der Waals surface area contributed by atoms with Crippen molar-refractivity contribution >= 4 is 11.8 Å². The van der Waals surface area contributed by atoms with Gasteiger partial charge < -0.3 is 14.8 Å². The summed E-state index contributed by atoms with van der Waals surface area (Å²) in [7, 11) is 0. The van der Waals surface area contributed by atoms with E-state index in [4.69, 9.17) is 0 Å². The molecule has 1 aliphatic heterocycles. The van der Waals surface area contributed by atoms with Crippen molar-refractivity contribution in [1.29, 1.82) is 0 Å². The minimum atomic E-state index is -0.304. The number of carbonyl (C=O) groups excluding carboxylic acids is 2. The van der Waals surface area contributed by atoms with Gasteiger partial charge in [0, 0.05) is 50.7 Å². The summed E-state index contributed by atoms with van der Waals surface area (Å²) in [6, 6.07) is 5.45. The molecular formula is C23H30N4O3.